The predicted octanol–water partition coefficient (Wildman–Crippen LogP) is 4.97. The van der Waals surface area contributed by atoms with Gasteiger partial charge in [-0.15, -0.1) is 0 Å². The number of aromatic nitrogens is 1. The number of anilines is 1. The predicted molar refractivity (Wildman–Crippen MR) is 125 cm³/mol. The van der Waals surface area contributed by atoms with Gasteiger partial charge in [0.05, 0.1) is 23.9 Å². The molecule has 1 aromatic heterocycles. The Hall–Kier alpha value is -3.30. The second-order valence-electron chi connectivity index (χ2n) is 7.41. The van der Waals surface area contributed by atoms with Crippen molar-refractivity contribution < 1.29 is 28.2 Å². The molecule has 34 heavy (non-hydrogen) atoms. The number of hydrogen-bond donors (Lipinski definition) is 1. The van der Waals surface area contributed by atoms with Crippen LogP contribution in [0.3, 0.4) is 0 Å². The summed E-state index contributed by atoms with van der Waals surface area (Å²) in [6, 6.07) is 8.78. The van der Waals surface area contributed by atoms with E-state index in [-0.39, 0.29) is 32.0 Å². The molecule has 1 fully saturated rings. The maximum absolute atomic E-state index is 13.2. The van der Waals surface area contributed by atoms with E-state index in [0.29, 0.717) is 37.9 Å². The second kappa shape index (κ2) is 9.90. The summed E-state index contributed by atoms with van der Waals surface area (Å²) in [6.45, 7) is 0.863. The SMILES string of the molecule is CCOC(=O)c1[nH]c2cc(Cl)cc(Cl)c2c1CN1CC(=O)N(c2ccc(OCCF)cc2)C1=O. The zero-order valence-corrected chi connectivity index (χ0v) is 19.6. The summed E-state index contributed by atoms with van der Waals surface area (Å²) in [7, 11) is 0. The summed E-state index contributed by atoms with van der Waals surface area (Å²) in [5.74, 6) is -0.628. The van der Waals surface area contributed by atoms with Crippen LogP contribution in [0.4, 0.5) is 14.9 Å². The number of esters is 1. The number of nitrogens with zero attached hydrogens (tertiary/aromatic N) is 2. The molecule has 1 N–H and O–H groups in total. The van der Waals surface area contributed by atoms with E-state index < -0.39 is 24.6 Å². The molecule has 0 bridgehead atoms. The molecule has 0 spiro atoms. The van der Waals surface area contributed by atoms with Gasteiger partial charge in [0.25, 0.3) is 5.91 Å². The van der Waals surface area contributed by atoms with Crippen molar-refractivity contribution in [1.82, 2.24) is 9.88 Å². The van der Waals surface area contributed by atoms with Gasteiger partial charge in [-0.2, -0.15) is 0 Å². The Morgan fingerprint density at radius 1 is 1.18 bits per heavy atom. The first kappa shape index (κ1) is 23.8. The highest BCUT2D eigenvalue weighted by Gasteiger charge is 2.38. The summed E-state index contributed by atoms with van der Waals surface area (Å²) < 4.78 is 22.6. The van der Waals surface area contributed by atoms with Crippen LogP contribution < -0.4 is 9.64 Å². The molecule has 1 aliphatic heterocycles. The largest absolute Gasteiger partial charge is 0.491 e. The van der Waals surface area contributed by atoms with E-state index in [1.165, 1.54) is 11.0 Å². The van der Waals surface area contributed by atoms with Crippen molar-refractivity contribution in [1.29, 1.82) is 0 Å². The van der Waals surface area contributed by atoms with Gasteiger partial charge in [0.1, 0.15) is 31.3 Å². The fourth-order valence-electron chi connectivity index (χ4n) is 3.82. The smallest absolute Gasteiger partial charge is 0.355 e. The first-order valence-corrected chi connectivity index (χ1v) is 11.2. The number of fused-ring (bicyclic) bond motifs is 1. The molecule has 2 heterocycles. The van der Waals surface area contributed by atoms with Crippen LogP contribution in [0.15, 0.2) is 36.4 Å². The number of alkyl halides is 1. The van der Waals surface area contributed by atoms with Crippen LogP contribution in [0.1, 0.15) is 23.0 Å². The lowest BCUT2D eigenvalue weighted by molar-refractivity contribution is -0.116. The molecule has 0 aliphatic carbocycles. The lowest BCUT2D eigenvalue weighted by Gasteiger charge is -2.18. The number of nitrogens with one attached hydrogen (secondary N) is 1. The summed E-state index contributed by atoms with van der Waals surface area (Å²) >= 11 is 12.5. The Kier molecular flexibility index (Phi) is 6.95. The normalized spacial score (nSPS) is 13.8. The molecule has 1 aliphatic rings. The molecule has 0 radical (unpaired) electrons. The van der Waals surface area contributed by atoms with E-state index in [2.05, 4.69) is 4.98 Å². The van der Waals surface area contributed by atoms with Crippen molar-refractivity contribution in [2.24, 2.45) is 0 Å². The van der Waals surface area contributed by atoms with Gasteiger partial charge in [-0.05, 0) is 43.3 Å². The zero-order valence-electron chi connectivity index (χ0n) is 18.1. The molecule has 8 nitrogen and oxygen atoms in total. The lowest BCUT2D eigenvalue weighted by Crippen LogP contribution is -2.33. The third-order valence-electron chi connectivity index (χ3n) is 5.22. The number of halogens is 3. The Bertz CT molecular complexity index is 1260. The van der Waals surface area contributed by atoms with Crippen LogP contribution in [-0.2, 0) is 16.1 Å². The van der Waals surface area contributed by atoms with Gasteiger partial charge >= 0.3 is 12.0 Å². The Morgan fingerprint density at radius 3 is 2.59 bits per heavy atom. The minimum absolute atomic E-state index is 0.0612. The maximum Gasteiger partial charge on any atom is 0.355 e. The monoisotopic (exact) mass is 507 g/mol. The van der Waals surface area contributed by atoms with Crippen LogP contribution in [0.5, 0.6) is 5.75 Å². The third kappa shape index (κ3) is 4.53. The minimum Gasteiger partial charge on any atom is -0.491 e. The van der Waals surface area contributed by atoms with E-state index in [1.807, 2.05) is 0 Å². The van der Waals surface area contributed by atoms with E-state index >= 15 is 0 Å². The summed E-state index contributed by atoms with van der Waals surface area (Å²) in [5, 5.41) is 1.18. The van der Waals surface area contributed by atoms with Crippen LogP contribution in [0, 0.1) is 0 Å². The number of hydrogen-bond acceptors (Lipinski definition) is 5. The van der Waals surface area contributed by atoms with Crippen molar-refractivity contribution in [3.63, 3.8) is 0 Å². The van der Waals surface area contributed by atoms with Gasteiger partial charge in [0, 0.05) is 21.5 Å². The van der Waals surface area contributed by atoms with Crippen molar-refractivity contribution in [3.05, 3.63) is 57.7 Å². The van der Waals surface area contributed by atoms with Crippen molar-refractivity contribution in [3.8, 4) is 5.75 Å². The second-order valence-corrected chi connectivity index (χ2v) is 8.25. The van der Waals surface area contributed by atoms with Gasteiger partial charge in [0.15, 0.2) is 0 Å². The number of urea groups is 1. The summed E-state index contributed by atoms with van der Waals surface area (Å²) in [5.41, 5.74) is 1.41. The van der Waals surface area contributed by atoms with Gasteiger partial charge in [0.2, 0.25) is 0 Å². The zero-order chi connectivity index (χ0) is 24.4. The molecular weight excluding hydrogens is 488 g/mol. The van der Waals surface area contributed by atoms with Gasteiger partial charge in [-0.3, -0.25) is 4.79 Å². The standard InChI is InChI=1S/C23H20Cl2FN3O5/c1-2-33-22(31)21-16(20-17(25)9-13(24)10-18(20)27-21)11-28-12-19(30)29(23(28)32)14-3-5-15(6-4-14)34-8-7-26/h3-6,9-10,27H,2,7-8,11-12H2,1H3. The number of imide groups is 1. The summed E-state index contributed by atoms with van der Waals surface area (Å²) in [4.78, 5) is 43.8. The average Bonchev–Trinajstić information content (AvgIpc) is 3.30. The third-order valence-corrected chi connectivity index (χ3v) is 5.74. The molecular formula is C23H20Cl2FN3O5. The fourth-order valence-corrected chi connectivity index (χ4v) is 4.42. The number of amides is 3. The number of carbonyl (C=O) groups excluding carboxylic acids is 3. The molecule has 11 heteroatoms. The topological polar surface area (TPSA) is 91.9 Å². The number of rotatable bonds is 8. The molecule has 0 atom stereocenters. The highest BCUT2D eigenvalue weighted by atomic mass is 35.5. The molecule has 1 saturated heterocycles. The van der Waals surface area contributed by atoms with Crippen molar-refractivity contribution >= 4 is 57.7 Å². The number of H-pyrrole nitrogens is 1. The van der Waals surface area contributed by atoms with Gasteiger partial charge < -0.3 is 19.4 Å². The fraction of sp³-hybridized carbons (Fsp3) is 0.261. The van der Waals surface area contributed by atoms with Crippen LogP contribution in [0.2, 0.25) is 10.0 Å². The molecule has 2 aromatic carbocycles. The molecule has 0 unspecified atom stereocenters. The number of ether oxygens (including phenoxy) is 2. The number of carbonyl (C=O) groups is 3. The Morgan fingerprint density at radius 2 is 1.91 bits per heavy atom. The Balaban J connectivity index is 1.65. The van der Waals surface area contributed by atoms with Crippen molar-refractivity contribution in [2.45, 2.75) is 13.5 Å². The van der Waals surface area contributed by atoms with Gasteiger partial charge in [-0.1, -0.05) is 23.2 Å². The highest BCUT2D eigenvalue weighted by molar-refractivity contribution is 6.39. The van der Waals surface area contributed by atoms with E-state index in [1.54, 1.807) is 37.3 Å². The quantitative estimate of drug-likeness (QED) is 0.343. The molecule has 178 valence electrons. The minimum atomic E-state index is -0.627. The van der Waals surface area contributed by atoms with Crippen molar-refractivity contribution in [2.75, 3.05) is 31.3 Å². The lowest BCUT2D eigenvalue weighted by atomic mass is 10.1. The number of benzene rings is 2. The molecule has 0 saturated carbocycles. The summed E-state index contributed by atoms with van der Waals surface area (Å²) in [6.07, 6.45) is 0. The highest BCUT2D eigenvalue weighted by Crippen LogP contribution is 2.35. The molecule has 3 aromatic rings. The first-order valence-electron chi connectivity index (χ1n) is 10.4. The van der Waals surface area contributed by atoms with Crippen LogP contribution >= 0.6 is 23.2 Å². The Labute approximate surface area is 204 Å². The van der Waals surface area contributed by atoms with Crippen LogP contribution in [-0.4, -0.2) is 54.2 Å². The van der Waals surface area contributed by atoms with E-state index in [9.17, 15) is 18.8 Å². The van der Waals surface area contributed by atoms with E-state index in [4.69, 9.17) is 32.7 Å². The number of aromatic amines is 1. The maximum atomic E-state index is 13.2. The average molecular weight is 508 g/mol. The first-order chi connectivity index (χ1) is 16.3. The van der Waals surface area contributed by atoms with Gasteiger partial charge in [-0.25, -0.2) is 18.9 Å². The molecule has 3 amide bonds. The molecule has 4 rings (SSSR count). The van der Waals surface area contributed by atoms with E-state index in [0.717, 1.165) is 4.90 Å². The van der Waals surface area contributed by atoms with Crippen LogP contribution in [0.25, 0.3) is 10.9 Å².